The van der Waals surface area contributed by atoms with Crippen molar-refractivity contribution in [3.63, 3.8) is 0 Å². The van der Waals surface area contributed by atoms with Crippen LogP contribution in [-0.4, -0.2) is 42.0 Å². The van der Waals surface area contributed by atoms with Crippen LogP contribution in [0.5, 0.6) is 0 Å². The van der Waals surface area contributed by atoms with Gasteiger partial charge in [-0.05, 0) is 11.8 Å². The van der Waals surface area contributed by atoms with Crippen LogP contribution in [0.1, 0.15) is 10.4 Å². The van der Waals surface area contributed by atoms with Crippen LogP contribution in [0.2, 0.25) is 0 Å². The van der Waals surface area contributed by atoms with E-state index in [0.29, 0.717) is 17.7 Å². The fourth-order valence-electron chi connectivity index (χ4n) is 3.01. The van der Waals surface area contributed by atoms with Crippen molar-refractivity contribution in [2.45, 2.75) is 0 Å². The summed E-state index contributed by atoms with van der Waals surface area (Å²) >= 11 is 0. The van der Waals surface area contributed by atoms with Crippen molar-refractivity contribution in [3.05, 3.63) is 27.9 Å². The Kier molecular flexibility index (Phi) is 3.01. The highest BCUT2D eigenvalue weighted by Gasteiger charge is 2.37. The number of fused-ring (bicyclic) bond motifs is 1. The third-order valence-corrected chi connectivity index (χ3v) is 4.02. The van der Waals surface area contributed by atoms with Crippen LogP contribution in [0.4, 0.5) is 11.5 Å². The molecule has 2 aliphatic heterocycles. The van der Waals surface area contributed by atoms with Gasteiger partial charge in [-0.3, -0.25) is 14.9 Å². The van der Waals surface area contributed by atoms with E-state index in [0.717, 1.165) is 26.2 Å². The summed E-state index contributed by atoms with van der Waals surface area (Å²) in [5, 5.41) is 14.1. The van der Waals surface area contributed by atoms with Crippen molar-refractivity contribution < 1.29 is 9.72 Å². The molecule has 106 valence electrons. The molecule has 8 nitrogen and oxygen atoms in total. The lowest BCUT2D eigenvalue weighted by Gasteiger charge is -2.20. The summed E-state index contributed by atoms with van der Waals surface area (Å²) in [7, 11) is 0. The Labute approximate surface area is 115 Å². The number of primary amides is 1. The van der Waals surface area contributed by atoms with E-state index < -0.39 is 10.8 Å². The van der Waals surface area contributed by atoms with E-state index in [-0.39, 0.29) is 11.3 Å². The first-order chi connectivity index (χ1) is 9.56. The number of pyridine rings is 1. The molecule has 0 saturated carbocycles. The van der Waals surface area contributed by atoms with Gasteiger partial charge in [0.1, 0.15) is 12.0 Å². The Bertz CT molecular complexity index is 564. The van der Waals surface area contributed by atoms with Crippen LogP contribution in [0.3, 0.4) is 0 Å². The van der Waals surface area contributed by atoms with Gasteiger partial charge >= 0.3 is 0 Å². The smallest absolute Gasteiger partial charge is 0.288 e. The zero-order valence-electron chi connectivity index (χ0n) is 10.8. The van der Waals surface area contributed by atoms with E-state index in [9.17, 15) is 14.9 Å². The summed E-state index contributed by atoms with van der Waals surface area (Å²) in [5.41, 5.74) is 5.23. The van der Waals surface area contributed by atoms with Gasteiger partial charge in [-0.2, -0.15) is 0 Å². The van der Waals surface area contributed by atoms with Crippen molar-refractivity contribution in [1.82, 2.24) is 10.3 Å². The molecule has 2 saturated heterocycles. The number of amides is 1. The maximum absolute atomic E-state index is 11.5. The molecule has 2 aliphatic rings. The second kappa shape index (κ2) is 4.71. The summed E-state index contributed by atoms with van der Waals surface area (Å²) in [6.07, 6.45) is 1.17. The van der Waals surface area contributed by atoms with Crippen molar-refractivity contribution >= 4 is 17.4 Å². The zero-order chi connectivity index (χ0) is 14.3. The molecule has 2 fully saturated rings. The Morgan fingerprint density at radius 3 is 2.65 bits per heavy atom. The number of nitrogens with one attached hydrogen (secondary N) is 1. The molecule has 0 aromatic carbocycles. The molecule has 8 heteroatoms. The van der Waals surface area contributed by atoms with Gasteiger partial charge in [-0.25, -0.2) is 4.98 Å². The lowest BCUT2D eigenvalue weighted by molar-refractivity contribution is -0.385. The van der Waals surface area contributed by atoms with Crippen LogP contribution in [-0.2, 0) is 0 Å². The van der Waals surface area contributed by atoms with Gasteiger partial charge in [0.15, 0.2) is 0 Å². The number of aromatic nitrogens is 1. The Morgan fingerprint density at radius 2 is 2.10 bits per heavy atom. The molecule has 0 unspecified atom stereocenters. The first-order valence-corrected chi connectivity index (χ1v) is 6.46. The van der Waals surface area contributed by atoms with Gasteiger partial charge in [0.2, 0.25) is 0 Å². The largest absolute Gasteiger partial charge is 0.365 e. The number of nitrogens with zero attached hydrogens (tertiary/aromatic N) is 3. The zero-order valence-corrected chi connectivity index (χ0v) is 10.8. The summed E-state index contributed by atoms with van der Waals surface area (Å²) in [5.74, 6) is 0.837. The Hall–Kier alpha value is -2.22. The van der Waals surface area contributed by atoms with E-state index >= 15 is 0 Å². The third-order valence-electron chi connectivity index (χ3n) is 4.02. The summed E-state index contributed by atoms with van der Waals surface area (Å²) in [6.45, 7) is 3.51. The Morgan fingerprint density at radius 1 is 1.45 bits per heavy atom. The monoisotopic (exact) mass is 277 g/mol. The van der Waals surface area contributed by atoms with Gasteiger partial charge in [-0.1, -0.05) is 0 Å². The average Bonchev–Trinajstić information content (AvgIpc) is 2.98. The highest BCUT2D eigenvalue weighted by Crippen LogP contribution is 2.32. The number of nitro groups is 1. The number of hydrogen-bond donors (Lipinski definition) is 2. The number of rotatable bonds is 3. The molecule has 1 aromatic heterocycles. The molecular formula is C12H15N5O3. The van der Waals surface area contributed by atoms with Gasteiger partial charge in [0.05, 0.1) is 10.5 Å². The van der Waals surface area contributed by atoms with Crippen LogP contribution in [0.25, 0.3) is 0 Å². The van der Waals surface area contributed by atoms with Crippen molar-refractivity contribution in [2.75, 3.05) is 31.1 Å². The molecule has 20 heavy (non-hydrogen) atoms. The summed E-state index contributed by atoms with van der Waals surface area (Å²) in [6, 6.07) is 1.21. The predicted octanol–water partition coefficient (Wildman–Crippen LogP) is -0.256. The number of carbonyl (C=O) groups is 1. The van der Waals surface area contributed by atoms with Crippen molar-refractivity contribution in [2.24, 2.45) is 17.6 Å². The Balaban J connectivity index is 1.93. The highest BCUT2D eigenvalue weighted by molar-refractivity contribution is 5.98. The van der Waals surface area contributed by atoms with Gasteiger partial charge in [0, 0.05) is 32.2 Å². The predicted molar refractivity (Wildman–Crippen MR) is 71.5 cm³/mol. The second-order valence-corrected chi connectivity index (χ2v) is 5.27. The van der Waals surface area contributed by atoms with Crippen molar-refractivity contribution in [3.8, 4) is 0 Å². The summed E-state index contributed by atoms with van der Waals surface area (Å²) < 4.78 is 0. The fourth-order valence-corrected chi connectivity index (χ4v) is 3.01. The first-order valence-electron chi connectivity index (χ1n) is 6.46. The SMILES string of the molecule is NC(=O)c1cc([N+](=O)[O-])cnc1N1C[C@H]2CNC[C@H]2C1. The number of carbonyl (C=O) groups excluding carboxylic acids is 1. The minimum atomic E-state index is -0.689. The average molecular weight is 277 g/mol. The van der Waals surface area contributed by atoms with E-state index in [1.54, 1.807) is 0 Å². The highest BCUT2D eigenvalue weighted by atomic mass is 16.6. The number of hydrogen-bond acceptors (Lipinski definition) is 6. The minimum absolute atomic E-state index is 0.118. The van der Waals surface area contributed by atoms with E-state index in [2.05, 4.69) is 10.3 Å². The van der Waals surface area contributed by atoms with E-state index in [1.165, 1.54) is 12.3 Å². The second-order valence-electron chi connectivity index (χ2n) is 5.27. The summed E-state index contributed by atoms with van der Waals surface area (Å²) in [4.78, 5) is 27.8. The molecule has 1 amide bonds. The maximum atomic E-state index is 11.5. The van der Waals surface area contributed by atoms with Crippen LogP contribution in [0, 0.1) is 22.0 Å². The maximum Gasteiger partial charge on any atom is 0.288 e. The van der Waals surface area contributed by atoms with E-state index in [4.69, 9.17) is 5.73 Å². The molecule has 0 radical (unpaired) electrons. The number of nitrogens with two attached hydrogens (primary N) is 1. The lowest BCUT2D eigenvalue weighted by atomic mass is 10.0. The minimum Gasteiger partial charge on any atom is -0.365 e. The quantitative estimate of drug-likeness (QED) is 0.581. The molecule has 0 aliphatic carbocycles. The van der Waals surface area contributed by atoms with Gasteiger partial charge < -0.3 is 16.0 Å². The fraction of sp³-hybridized carbons (Fsp3) is 0.500. The third kappa shape index (κ3) is 2.07. The molecule has 3 rings (SSSR count). The number of anilines is 1. The van der Waals surface area contributed by atoms with Crippen LogP contribution >= 0.6 is 0 Å². The van der Waals surface area contributed by atoms with Gasteiger partial charge in [0.25, 0.3) is 11.6 Å². The van der Waals surface area contributed by atoms with Crippen molar-refractivity contribution in [1.29, 1.82) is 0 Å². The molecule has 0 bridgehead atoms. The molecule has 1 aromatic rings. The lowest BCUT2D eigenvalue weighted by Crippen LogP contribution is -2.29. The van der Waals surface area contributed by atoms with Gasteiger partial charge in [-0.15, -0.1) is 0 Å². The van der Waals surface area contributed by atoms with Crippen LogP contribution in [0.15, 0.2) is 12.3 Å². The topological polar surface area (TPSA) is 114 Å². The van der Waals surface area contributed by atoms with E-state index in [1.807, 2.05) is 4.90 Å². The molecular weight excluding hydrogens is 262 g/mol. The first kappa shape index (κ1) is 12.8. The molecule has 2 atom stereocenters. The molecule has 3 N–H and O–H groups in total. The normalized spacial score (nSPS) is 24.7. The van der Waals surface area contributed by atoms with Crippen LogP contribution < -0.4 is 16.0 Å². The molecule has 3 heterocycles. The standard InChI is InChI=1S/C12H15N5O3/c13-11(18)10-1-9(17(19)20)4-15-12(10)16-5-7-2-14-3-8(7)6-16/h1,4,7-8,14H,2-3,5-6H2,(H2,13,18)/t7-,8+. The molecule has 0 spiro atoms.